The molecular formula is C16H18Cl2N4O. The van der Waals surface area contributed by atoms with Crippen LogP contribution < -0.4 is 21.7 Å². The van der Waals surface area contributed by atoms with Crippen LogP contribution in [0.25, 0.3) is 0 Å². The van der Waals surface area contributed by atoms with Crippen molar-refractivity contribution < 1.29 is 4.79 Å². The number of halogens is 2. The van der Waals surface area contributed by atoms with Gasteiger partial charge in [0.1, 0.15) is 6.04 Å². The van der Waals surface area contributed by atoms with Gasteiger partial charge in [-0.1, -0.05) is 47.5 Å². The van der Waals surface area contributed by atoms with Crippen LogP contribution in [0.5, 0.6) is 0 Å². The number of carbonyl (C=O) groups is 1. The van der Waals surface area contributed by atoms with Crippen LogP contribution in [0.4, 0.5) is 5.69 Å². The molecule has 5 nitrogen and oxygen atoms in total. The third kappa shape index (κ3) is 3.87. The maximum Gasteiger partial charge on any atom is 0.257 e. The van der Waals surface area contributed by atoms with Gasteiger partial charge in [0.25, 0.3) is 5.91 Å². The van der Waals surface area contributed by atoms with Gasteiger partial charge in [-0.05, 0) is 31.0 Å². The molecule has 0 bridgehead atoms. The summed E-state index contributed by atoms with van der Waals surface area (Å²) in [5.41, 5.74) is 12.4. The lowest BCUT2D eigenvalue weighted by Crippen LogP contribution is -2.47. The maximum absolute atomic E-state index is 12.5. The fourth-order valence-electron chi connectivity index (χ4n) is 2.85. The molecule has 3 unspecified atom stereocenters. The standard InChI is InChI=1S/C16H18Cl2N4O/c17-10-7-8-14(12(18)9-10)20-22-16(23)15-11-5-3-1-2-4-6-13(11)19-21-15/h1-2,4,6-9,11,13,15,19-21H,3,5H2,(H,22,23). The number of benzene rings is 1. The van der Waals surface area contributed by atoms with Gasteiger partial charge in [-0.25, -0.2) is 10.9 Å². The van der Waals surface area contributed by atoms with Gasteiger partial charge >= 0.3 is 0 Å². The highest BCUT2D eigenvalue weighted by atomic mass is 35.5. The first kappa shape index (κ1) is 16.3. The topological polar surface area (TPSA) is 65.2 Å². The zero-order valence-electron chi connectivity index (χ0n) is 12.4. The molecule has 0 saturated carbocycles. The smallest absolute Gasteiger partial charge is 0.257 e. The van der Waals surface area contributed by atoms with Gasteiger partial charge in [0.05, 0.1) is 10.7 Å². The van der Waals surface area contributed by atoms with Crippen LogP contribution in [0, 0.1) is 5.92 Å². The second-order valence-electron chi connectivity index (χ2n) is 5.58. The van der Waals surface area contributed by atoms with E-state index in [9.17, 15) is 4.79 Å². The number of anilines is 1. The SMILES string of the molecule is O=C(NNc1ccc(Cl)cc1Cl)C1NNC2C=CC=CCCC21. The second kappa shape index (κ2) is 7.36. The molecule has 0 aromatic heterocycles. The van der Waals surface area contributed by atoms with Gasteiger partial charge < -0.3 is 0 Å². The van der Waals surface area contributed by atoms with E-state index in [0.717, 1.165) is 12.8 Å². The van der Waals surface area contributed by atoms with Gasteiger partial charge in [0, 0.05) is 17.0 Å². The number of amides is 1. The molecular weight excluding hydrogens is 335 g/mol. The predicted molar refractivity (Wildman–Crippen MR) is 93.1 cm³/mol. The molecule has 23 heavy (non-hydrogen) atoms. The van der Waals surface area contributed by atoms with Crippen molar-refractivity contribution in [1.29, 1.82) is 0 Å². The maximum atomic E-state index is 12.5. The van der Waals surface area contributed by atoms with E-state index in [4.69, 9.17) is 23.2 Å². The monoisotopic (exact) mass is 352 g/mol. The number of hydrogen-bond donors (Lipinski definition) is 4. The van der Waals surface area contributed by atoms with Gasteiger partial charge in [-0.2, -0.15) is 0 Å². The number of hydrazine groups is 2. The van der Waals surface area contributed by atoms with E-state index in [0.29, 0.717) is 15.7 Å². The molecule has 122 valence electrons. The van der Waals surface area contributed by atoms with Crippen LogP contribution in [0.1, 0.15) is 12.8 Å². The summed E-state index contributed by atoms with van der Waals surface area (Å²) in [6.45, 7) is 0. The van der Waals surface area contributed by atoms with Gasteiger partial charge in [0.2, 0.25) is 0 Å². The van der Waals surface area contributed by atoms with Gasteiger partial charge in [-0.15, -0.1) is 0 Å². The van der Waals surface area contributed by atoms with Crippen molar-refractivity contribution in [2.45, 2.75) is 24.9 Å². The first-order valence-electron chi connectivity index (χ1n) is 7.50. The molecule has 3 atom stereocenters. The van der Waals surface area contributed by atoms with Crippen LogP contribution in [0.3, 0.4) is 0 Å². The van der Waals surface area contributed by atoms with E-state index < -0.39 is 0 Å². The first-order valence-corrected chi connectivity index (χ1v) is 8.26. The van der Waals surface area contributed by atoms with Crippen molar-refractivity contribution in [2.75, 3.05) is 5.43 Å². The van der Waals surface area contributed by atoms with Crippen LogP contribution in [-0.2, 0) is 4.79 Å². The van der Waals surface area contributed by atoms with E-state index in [1.165, 1.54) is 0 Å². The Balaban J connectivity index is 1.62. The zero-order valence-corrected chi connectivity index (χ0v) is 13.9. The van der Waals surface area contributed by atoms with Gasteiger partial charge in [0.15, 0.2) is 0 Å². The predicted octanol–water partition coefficient (Wildman–Crippen LogP) is 2.80. The number of carbonyl (C=O) groups excluding carboxylic acids is 1. The molecule has 3 rings (SSSR count). The summed E-state index contributed by atoms with van der Waals surface area (Å²) in [4.78, 5) is 12.5. The highest BCUT2D eigenvalue weighted by Gasteiger charge is 2.38. The summed E-state index contributed by atoms with van der Waals surface area (Å²) in [6.07, 6.45) is 10.1. The molecule has 1 amide bonds. The minimum Gasteiger partial charge on any atom is -0.297 e. The molecule has 1 aliphatic carbocycles. The van der Waals surface area contributed by atoms with Crippen LogP contribution in [0.15, 0.2) is 42.5 Å². The van der Waals surface area contributed by atoms with Crippen LogP contribution in [0.2, 0.25) is 10.0 Å². The lowest BCUT2D eigenvalue weighted by atomic mass is 9.88. The van der Waals surface area contributed by atoms with Gasteiger partial charge in [-0.3, -0.25) is 15.6 Å². The highest BCUT2D eigenvalue weighted by molar-refractivity contribution is 6.36. The largest absolute Gasteiger partial charge is 0.297 e. The molecule has 2 aliphatic rings. The average molecular weight is 353 g/mol. The number of rotatable bonds is 3. The Kier molecular flexibility index (Phi) is 5.23. The van der Waals surface area contributed by atoms with Crippen molar-refractivity contribution in [3.05, 3.63) is 52.5 Å². The summed E-state index contributed by atoms with van der Waals surface area (Å²) in [5.74, 6) is 0.0626. The molecule has 0 spiro atoms. The number of hydrogen-bond acceptors (Lipinski definition) is 4. The van der Waals surface area contributed by atoms with E-state index in [1.807, 2.05) is 12.2 Å². The van der Waals surface area contributed by atoms with E-state index in [2.05, 4.69) is 33.9 Å². The molecule has 1 aliphatic heterocycles. The number of nitrogens with one attached hydrogen (secondary N) is 4. The summed E-state index contributed by atoms with van der Waals surface area (Å²) in [6, 6.07) is 4.88. The Morgan fingerprint density at radius 2 is 2.09 bits per heavy atom. The second-order valence-corrected chi connectivity index (χ2v) is 6.43. The molecule has 0 radical (unpaired) electrons. The van der Waals surface area contributed by atoms with Crippen molar-refractivity contribution in [2.24, 2.45) is 5.92 Å². The lowest BCUT2D eigenvalue weighted by molar-refractivity contribution is -0.123. The Labute approximate surface area is 145 Å². The Bertz CT molecular complexity index is 647. The third-order valence-corrected chi connectivity index (χ3v) is 4.61. The fourth-order valence-corrected chi connectivity index (χ4v) is 3.31. The van der Waals surface area contributed by atoms with E-state index in [-0.39, 0.29) is 23.9 Å². The molecule has 1 aromatic rings. The van der Waals surface area contributed by atoms with Crippen molar-refractivity contribution >= 4 is 34.8 Å². The molecule has 1 saturated heterocycles. The summed E-state index contributed by atoms with van der Waals surface area (Å²) >= 11 is 11.9. The summed E-state index contributed by atoms with van der Waals surface area (Å²) in [7, 11) is 0. The van der Waals surface area contributed by atoms with Crippen LogP contribution in [-0.4, -0.2) is 18.0 Å². The number of allylic oxidation sites excluding steroid dienone is 3. The van der Waals surface area contributed by atoms with Crippen molar-refractivity contribution in [1.82, 2.24) is 16.3 Å². The summed E-state index contributed by atoms with van der Waals surface area (Å²) < 4.78 is 0. The van der Waals surface area contributed by atoms with Crippen LogP contribution >= 0.6 is 23.2 Å². The zero-order chi connectivity index (χ0) is 16.2. The third-order valence-electron chi connectivity index (χ3n) is 4.06. The van der Waals surface area contributed by atoms with E-state index in [1.54, 1.807) is 18.2 Å². The first-order chi connectivity index (χ1) is 11.1. The normalized spacial score (nSPS) is 26.3. The van der Waals surface area contributed by atoms with Crippen molar-refractivity contribution in [3.8, 4) is 0 Å². The molecule has 7 heteroatoms. The summed E-state index contributed by atoms with van der Waals surface area (Å²) in [5, 5.41) is 0.998. The highest BCUT2D eigenvalue weighted by Crippen LogP contribution is 2.26. The molecule has 1 fully saturated rings. The average Bonchev–Trinajstić information content (AvgIpc) is 2.88. The Morgan fingerprint density at radius 1 is 1.22 bits per heavy atom. The fraction of sp³-hybridized carbons (Fsp3) is 0.312. The molecule has 1 heterocycles. The quantitative estimate of drug-likeness (QED) is 0.631. The van der Waals surface area contributed by atoms with Crippen molar-refractivity contribution in [3.63, 3.8) is 0 Å². The minimum atomic E-state index is -0.310. The van der Waals surface area contributed by atoms with E-state index >= 15 is 0 Å². The Morgan fingerprint density at radius 3 is 2.91 bits per heavy atom. The lowest BCUT2D eigenvalue weighted by Gasteiger charge is -2.21. The molecule has 1 aromatic carbocycles. The Hall–Kier alpha value is -1.53. The minimum absolute atomic E-state index is 0.131. The molecule has 4 N–H and O–H groups in total. The number of fused-ring (bicyclic) bond motifs is 1.